The van der Waals surface area contributed by atoms with E-state index in [1.54, 1.807) is 23.9 Å². The van der Waals surface area contributed by atoms with Crippen molar-refractivity contribution >= 4 is 16.9 Å². The van der Waals surface area contributed by atoms with E-state index in [1.165, 1.54) is 12.1 Å². The van der Waals surface area contributed by atoms with Crippen molar-refractivity contribution in [1.82, 2.24) is 14.3 Å². The first kappa shape index (κ1) is 14.3. The zero-order valence-electron chi connectivity index (χ0n) is 12.4. The maximum Gasteiger partial charge on any atom is 0.325 e. The lowest BCUT2D eigenvalue weighted by Crippen LogP contribution is -2.14. The van der Waals surface area contributed by atoms with Gasteiger partial charge in [0.05, 0.1) is 18.0 Å². The van der Waals surface area contributed by atoms with Gasteiger partial charge in [-0.15, -0.1) is 0 Å². The van der Waals surface area contributed by atoms with Crippen LogP contribution < -0.4 is 0 Å². The minimum absolute atomic E-state index is 0.0729. The molecule has 6 heteroatoms. The van der Waals surface area contributed by atoms with Crippen LogP contribution >= 0.6 is 0 Å². The Morgan fingerprint density at radius 2 is 2.09 bits per heavy atom. The summed E-state index contributed by atoms with van der Waals surface area (Å²) in [5.74, 6) is -0.634. The summed E-state index contributed by atoms with van der Waals surface area (Å²) in [6.45, 7) is 2.17. The Hall–Kier alpha value is -2.63. The van der Waals surface area contributed by atoms with Crippen LogP contribution in [0, 0.1) is 5.82 Å². The van der Waals surface area contributed by atoms with Crippen molar-refractivity contribution in [1.29, 1.82) is 0 Å². The van der Waals surface area contributed by atoms with Gasteiger partial charge in [-0.2, -0.15) is 5.10 Å². The third-order valence-electron chi connectivity index (χ3n) is 3.54. The van der Waals surface area contributed by atoms with Gasteiger partial charge in [0, 0.05) is 24.1 Å². The molecule has 2 heterocycles. The summed E-state index contributed by atoms with van der Waals surface area (Å²) in [6.07, 6.45) is 1.68. The number of esters is 1. The number of carbonyl (C=O) groups is 1. The molecule has 2 aromatic heterocycles. The molecule has 0 unspecified atom stereocenters. The van der Waals surface area contributed by atoms with Crippen molar-refractivity contribution in [2.75, 3.05) is 6.61 Å². The van der Waals surface area contributed by atoms with Gasteiger partial charge in [-0.25, -0.2) is 4.39 Å². The van der Waals surface area contributed by atoms with Gasteiger partial charge in [0.2, 0.25) is 0 Å². The van der Waals surface area contributed by atoms with Crippen LogP contribution in [0.2, 0.25) is 0 Å². The fourth-order valence-corrected chi connectivity index (χ4v) is 2.59. The Morgan fingerprint density at radius 1 is 1.27 bits per heavy atom. The standard InChI is InChI=1S/C16H16FN3O2/c1-3-22-16(21)10-20-13-5-4-12(17)8-11(13)9-15(20)14-6-7-18-19(14)2/h4-9H,3,10H2,1-2H3. The molecule has 22 heavy (non-hydrogen) atoms. The molecular weight excluding hydrogens is 285 g/mol. The summed E-state index contributed by atoms with van der Waals surface area (Å²) in [6, 6.07) is 8.22. The predicted molar refractivity (Wildman–Crippen MR) is 80.7 cm³/mol. The van der Waals surface area contributed by atoms with Gasteiger partial charge in [0.15, 0.2) is 0 Å². The average molecular weight is 301 g/mol. The highest BCUT2D eigenvalue weighted by atomic mass is 19.1. The summed E-state index contributed by atoms with van der Waals surface area (Å²) in [4.78, 5) is 11.9. The molecule has 0 spiro atoms. The summed E-state index contributed by atoms with van der Waals surface area (Å²) in [7, 11) is 1.82. The van der Waals surface area contributed by atoms with Crippen LogP contribution in [-0.2, 0) is 23.1 Å². The molecule has 0 fully saturated rings. The van der Waals surface area contributed by atoms with Crippen LogP contribution in [0.15, 0.2) is 36.5 Å². The normalized spacial score (nSPS) is 11.0. The van der Waals surface area contributed by atoms with E-state index in [-0.39, 0.29) is 18.3 Å². The third-order valence-corrected chi connectivity index (χ3v) is 3.54. The van der Waals surface area contributed by atoms with Crippen LogP contribution in [-0.4, -0.2) is 26.9 Å². The largest absolute Gasteiger partial charge is 0.465 e. The van der Waals surface area contributed by atoms with E-state index < -0.39 is 0 Å². The Balaban J connectivity index is 2.17. The summed E-state index contributed by atoms with van der Waals surface area (Å²) < 4.78 is 22.0. The predicted octanol–water partition coefficient (Wildman–Crippen LogP) is 2.74. The number of hydrogen-bond acceptors (Lipinski definition) is 3. The van der Waals surface area contributed by atoms with Gasteiger partial charge in [0.1, 0.15) is 12.4 Å². The Labute approximate surface area is 126 Å². The first-order chi connectivity index (χ1) is 10.6. The highest BCUT2D eigenvalue weighted by Gasteiger charge is 2.16. The Morgan fingerprint density at radius 3 is 2.77 bits per heavy atom. The van der Waals surface area contributed by atoms with Crippen LogP contribution in [0.5, 0.6) is 0 Å². The SMILES string of the molecule is CCOC(=O)Cn1c(-c2ccnn2C)cc2cc(F)ccc21. The van der Waals surface area contributed by atoms with E-state index in [4.69, 9.17) is 4.74 Å². The van der Waals surface area contributed by atoms with Gasteiger partial charge < -0.3 is 9.30 Å². The lowest BCUT2D eigenvalue weighted by Gasteiger charge is -2.10. The lowest BCUT2D eigenvalue weighted by atomic mass is 10.2. The molecule has 1 aromatic carbocycles. The van der Waals surface area contributed by atoms with Gasteiger partial charge in [-0.3, -0.25) is 9.48 Å². The second-order valence-corrected chi connectivity index (χ2v) is 4.96. The van der Waals surface area contributed by atoms with E-state index >= 15 is 0 Å². The second kappa shape index (κ2) is 5.63. The first-order valence-corrected chi connectivity index (χ1v) is 7.03. The van der Waals surface area contributed by atoms with Gasteiger partial charge in [-0.1, -0.05) is 0 Å². The van der Waals surface area contributed by atoms with Crippen molar-refractivity contribution in [3.63, 3.8) is 0 Å². The number of hydrogen-bond donors (Lipinski definition) is 0. The number of ether oxygens (including phenoxy) is 1. The molecule has 0 aliphatic heterocycles. The molecule has 0 N–H and O–H groups in total. The fourth-order valence-electron chi connectivity index (χ4n) is 2.59. The topological polar surface area (TPSA) is 49.1 Å². The molecule has 0 saturated heterocycles. The Kier molecular flexibility index (Phi) is 3.66. The van der Waals surface area contributed by atoms with E-state index in [2.05, 4.69) is 5.10 Å². The monoisotopic (exact) mass is 301 g/mol. The molecule has 3 aromatic rings. The second-order valence-electron chi connectivity index (χ2n) is 4.96. The van der Waals surface area contributed by atoms with Crippen LogP contribution in [0.1, 0.15) is 6.92 Å². The number of nitrogens with zero attached hydrogens (tertiary/aromatic N) is 3. The molecule has 0 aliphatic rings. The highest BCUT2D eigenvalue weighted by Crippen LogP contribution is 2.28. The fraction of sp³-hybridized carbons (Fsp3) is 0.250. The summed E-state index contributed by atoms with van der Waals surface area (Å²) >= 11 is 0. The van der Waals surface area contributed by atoms with Gasteiger partial charge >= 0.3 is 5.97 Å². The molecule has 3 rings (SSSR count). The van der Waals surface area contributed by atoms with Crippen LogP contribution in [0.3, 0.4) is 0 Å². The van der Waals surface area contributed by atoms with Crippen molar-refractivity contribution in [2.45, 2.75) is 13.5 Å². The molecule has 0 aliphatic carbocycles. The first-order valence-electron chi connectivity index (χ1n) is 7.03. The number of aromatic nitrogens is 3. The lowest BCUT2D eigenvalue weighted by molar-refractivity contribution is -0.143. The van der Waals surface area contributed by atoms with E-state index in [0.717, 1.165) is 22.3 Å². The molecule has 5 nitrogen and oxygen atoms in total. The number of carbonyl (C=O) groups excluding carboxylic acids is 1. The van der Waals surface area contributed by atoms with Crippen molar-refractivity contribution in [3.8, 4) is 11.4 Å². The molecule has 0 atom stereocenters. The Bertz CT molecular complexity index is 835. The maximum absolute atomic E-state index is 13.5. The van der Waals surface area contributed by atoms with Crippen molar-refractivity contribution < 1.29 is 13.9 Å². The molecular formula is C16H16FN3O2. The zero-order chi connectivity index (χ0) is 15.7. The van der Waals surface area contributed by atoms with Crippen molar-refractivity contribution in [2.24, 2.45) is 7.05 Å². The number of rotatable bonds is 4. The number of fused-ring (bicyclic) bond motifs is 1. The molecule has 114 valence electrons. The molecule has 0 amide bonds. The number of benzene rings is 1. The number of halogens is 1. The highest BCUT2D eigenvalue weighted by molar-refractivity contribution is 5.88. The van der Waals surface area contributed by atoms with Crippen LogP contribution in [0.25, 0.3) is 22.3 Å². The summed E-state index contributed by atoms with van der Waals surface area (Å²) in [5, 5.41) is 4.89. The van der Waals surface area contributed by atoms with E-state index in [1.807, 2.05) is 23.7 Å². The minimum Gasteiger partial charge on any atom is -0.465 e. The molecule has 0 saturated carbocycles. The van der Waals surface area contributed by atoms with Gasteiger partial charge in [-0.05, 0) is 37.3 Å². The van der Waals surface area contributed by atoms with E-state index in [0.29, 0.717) is 6.61 Å². The average Bonchev–Trinajstić information content (AvgIpc) is 3.03. The molecule has 0 bridgehead atoms. The van der Waals surface area contributed by atoms with E-state index in [9.17, 15) is 9.18 Å². The smallest absolute Gasteiger partial charge is 0.325 e. The zero-order valence-corrected chi connectivity index (χ0v) is 12.4. The third kappa shape index (κ3) is 2.47. The molecule has 0 radical (unpaired) electrons. The van der Waals surface area contributed by atoms with Crippen LogP contribution in [0.4, 0.5) is 4.39 Å². The van der Waals surface area contributed by atoms with Gasteiger partial charge in [0.25, 0.3) is 0 Å². The maximum atomic E-state index is 13.5. The quantitative estimate of drug-likeness (QED) is 0.696. The summed E-state index contributed by atoms with van der Waals surface area (Å²) in [5.41, 5.74) is 2.43. The number of aryl methyl sites for hydroxylation is 1. The minimum atomic E-state index is -0.326. The van der Waals surface area contributed by atoms with Crippen molar-refractivity contribution in [3.05, 3.63) is 42.3 Å².